The molecule has 0 amide bonds. The zero-order chi connectivity index (χ0) is 7.07. The third-order valence-corrected chi connectivity index (χ3v) is 1.11. The standard InChI is InChI=1S/2C5H5.2ClH.Cr/c2*1-2-4-5-3-1;;;/h2*1-5H;2*1H;/q2*-1;;;+4/p-2. The summed E-state index contributed by atoms with van der Waals surface area (Å²) >= 11 is 0. The summed E-state index contributed by atoms with van der Waals surface area (Å²) in [5, 5.41) is 0. The number of hydrogen-bond donors (Lipinski definition) is 0. The molecule has 0 nitrogen and oxygen atoms in total. The van der Waals surface area contributed by atoms with Crippen molar-refractivity contribution in [2.45, 2.75) is 0 Å². The van der Waals surface area contributed by atoms with E-state index in [1.807, 2.05) is 60.7 Å². The molecule has 3 heteroatoms. The molecule has 0 atom stereocenters. The summed E-state index contributed by atoms with van der Waals surface area (Å²) in [6.07, 6.45) is 0. The van der Waals surface area contributed by atoms with Crippen LogP contribution in [0.1, 0.15) is 0 Å². The Hall–Kier alpha value is -0.188. The molecule has 0 aromatic heterocycles. The Labute approximate surface area is 103 Å². The van der Waals surface area contributed by atoms with Crippen molar-refractivity contribution < 1.29 is 42.2 Å². The van der Waals surface area contributed by atoms with Gasteiger partial charge in [-0.1, -0.05) is 0 Å². The summed E-state index contributed by atoms with van der Waals surface area (Å²) in [7, 11) is 0. The van der Waals surface area contributed by atoms with E-state index in [-0.39, 0.29) is 42.2 Å². The Bertz CT molecular complexity index is 152. The molecule has 0 aliphatic carbocycles. The van der Waals surface area contributed by atoms with E-state index < -0.39 is 0 Å². The van der Waals surface area contributed by atoms with E-state index in [1.54, 1.807) is 0 Å². The molecule has 70 valence electrons. The van der Waals surface area contributed by atoms with Gasteiger partial charge >= 0.3 is 17.4 Å². The average Bonchev–Trinajstić information content (AvgIpc) is 2.67. The first-order valence-electron chi connectivity index (χ1n) is 3.33. The minimum absolute atomic E-state index is 0. The summed E-state index contributed by atoms with van der Waals surface area (Å²) in [4.78, 5) is 0. The van der Waals surface area contributed by atoms with Crippen molar-refractivity contribution in [2.75, 3.05) is 0 Å². The van der Waals surface area contributed by atoms with Crippen molar-refractivity contribution in [3.63, 3.8) is 0 Å². The van der Waals surface area contributed by atoms with Crippen molar-refractivity contribution in [1.29, 1.82) is 0 Å². The molecule has 2 aromatic rings. The van der Waals surface area contributed by atoms with Gasteiger partial charge in [-0.25, -0.2) is 24.3 Å². The summed E-state index contributed by atoms with van der Waals surface area (Å²) in [6.45, 7) is 0. The molecule has 0 radical (unpaired) electrons. The predicted octanol–water partition coefficient (Wildman–Crippen LogP) is -3.18. The summed E-state index contributed by atoms with van der Waals surface area (Å²) in [5.74, 6) is 0. The van der Waals surface area contributed by atoms with Crippen LogP contribution in [0.5, 0.6) is 0 Å². The van der Waals surface area contributed by atoms with Crippen LogP contribution in [0, 0.1) is 0 Å². The van der Waals surface area contributed by atoms with Crippen LogP contribution in [-0.2, 0) is 17.4 Å². The van der Waals surface area contributed by atoms with Crippen molar-refractivity contribution in [3.05, 3.63) is 60.7 Å². The summed E-state index contributed by atoms with van der Waals surface area (Å²) < 4.78 is 0. The van der Waals surface area contributed by atoms with Crippen molar-refractivity contribution >= 4 is 0 Å². The smallest absolute Gasteiger partial charge is 1.00 e. The molecule has 2 aromatic carbocycles. The summed E-state index contributed by atoms with van der Waals surface area (Å²) in [5.41, 5.74) is 0. The minimum Gasteiger partial charge on any atom is -1.00 e. The largest absolute Gasteiger partial charge is 4.00 e. The molecule has 0 heterocycles. The van der Waals surface area contributed by atoms with Crippen molar-refractivity contribution in [1.82, 2.24) is 0 Å². The van der Waals surface area contributed by atoms with Crippen LogP contribution in [0.3, 0.4) is 0 Å². The molecule has 0 aliphatic rings. The SMILES string of the molecule is [Cl-].[Cl-].[Cr+4].c1cc[cH-]c1.c1cc[cH-]c1. The van der Waals surface area contributed by atoms with Gasteiger partial charge in [0.1, 0.15) is 0 Å². The van der Waals surface area contributed by atoms with Crippen LogP contribution in [0.25, 0.3) is 0 Å². The average molecular weight is 253 g/mol. The maximum atomic E-state index is 2.00. The molecule has 2 rings (SSSR count). The second-order valence-electron chi connectivity index (χ2n) is 1.92. The topological polar surface area (TPSA) is 0 Å². The first-order valence-corrected chi connectivity index (χ1v) is 3.33. The second-order valence-corrected chi connectivity index (χ2v) is 1.92. The van der Waals surface area contributed by atoms with E-state index in [9.17, 15) is 0 Å². The molecule has 0 saturated heterocycles. The first kappa shape index (κ1) is 18.6. The zero-order valence-electron chi connectivity index (χ0n) is 6.94. The van der Waals surface area contributed by atoms with Gasteiger partial charge in [0.05, 0.1) is 0 Å². The molecule has 0 aliphatic heterocycles. The Balaban J connectivity index is -0.000000125. The van der Waals surface area contributed by atoms with Crippen LogP contribution < -0.4 is 24.8 Å². The van der Waals surface area contributed by atoms with E-state index in [0.29, 0.717) is 0 Å². The molecule has 0 fully saturated rings. The van der Waals surface area contributed by atoms with Gasteiger partial charge < -0.3 is 24.8 Å². The van der Waals surface area contributed by atoms with E-state index in [2.05, 4.69) is 0 Å². The van der Waals surface area contributed by atoms with Gasteiger partial charge in [0.15, 0.2) is 0 Å². The van der Waals surface area contributed by atoms with Gasteiger partial charge in [0, 0.05) is 0 Å². The normalized spacial score (nSPS) is 6.15. The maximum absolute atomic E-state index is 2.00. The second kappa shape index (κ2) is 14.3. The van der Waals surface area contributed by atoms with Crippen molar-refractivity contribution in [2.24, 2.45) is 0 Å². The Morgan fingerprint density at radius 2 is 0.769 bits per heavy atom. The number of halogens is 2. The fraction of sp³-hybridized carbons (Fsp3) is 0. The Kier molecular flexibility index (Phi) is 20.5. The van der Waals surface area contributed by atoms with Gasteiger partial charge in [-0.05, 0) is 0 Å². The van der Waals surface area contributed by atoms with Crippen molar-refractivity contribution in [3.8, 4) is 0 Å². The van der Waals surface area contributed by atoms with Gasteiger partial charge in [-0.2, -0.15) is 36.4 Å². The third kappa shape index (κ3) is 11.8. The molecule has 13 heavy (non-hydrogen) atoms. The van der Waals surface area contributed by atoms with E-state index in [0.717, 1.165) is 0 Å². The maximum Gasteiger partial charge on any atom is 4.00 e. The molecule has 0 saturated carbocycles. The Morgan fingerprint density at radius 1 is 0.538 bits per heavy atom. The van der Waals surface area contributed by atoms with Crippen LogP contribution in [0.2, 0.25) is 0 Å². The minimum atomic E-state index is 0. The molecule has 0 bridgehead atoms. The quantitative estimate of drug-likeness (QED) is 0.434. The third-order valence-electron chi connectivity index (χ3n) is 1.11. The van der Waals surface area contributed by atoms with Gasteiger partial charge in [-0.3, -0.25) is 0 Å². The van der Waals surface area contributed by atoms with E-state index in [1.165, 1.54) is 0 Å². The van der Waals surface area contributed by atoms with Crippen LogP contribution in [0.15, 0.2) is 60.7 Å². The summed E-state index contributed by atoms with van der Waals surface area (Å²) in [6, 6.07) is 20.0. The van der Waals surface area contributed by atoms with E-state index >= 15 is 0 Å². The molecule has 0 spiro atoms. The predicted molar refractivity (Wildman–Crippen MR) is 44.1 cm³/mol. The van der Waals surface area contributed by atoms with Crippen LogP contribution >= 0.6 is 0 Å². The fourth-order valence-electron chi connectivity index (χ4n) is 0.642. The number of rotatable bonds is 0. The first-order chi connectivity index (χ1) is 5.00. The molecule has 0 unspecified atom stereocenters. The molecular weight excluding hydrogens is 243 g/mol. The van der Waals surface area contributed by atoms with Gasteiger partial charge in [-0.15, -0.1) is 0 Å². The number of hydrogen-bond acceptors (Lipinski definition) is 0. The molecule has 0 N–H and O–H groups in total. The monoisotopic (exact) mass is 252 g/mol. The van der Waals surface area contributed by atoms with Gasteiger partial charge in [0.2, 0.25) is 0 Å². The van der Waals surface area contributed by atoms with Gasteiger partial charge in [0.25, 0.3) is 0 Å². The van der Waals surface area contributed by atoms with Crippen LogP contribution in [-0.4, -0.2) is 0 Å². The fourth-order valence-corrected chi connectivity index (χ4v) is 0.642. The van der Waals surface area contributed by atoms with Crippen LogP contribution in [0.4, 0.5) is 0 Å². The Morgan fingerprint density at radius 3 is 0.846 bits per heavy atom. The van der Waals surface area contributed by atoms with E-state index in [4.69, 9.17) is 0 Å². The molecular formula is C10H10Cl2Cr. The zero-order valence-corrected chi connectivity index (χ0v) is 9.72.